The molecule has 3 N–H and O–H groups in total. The molecule has 6 rings (SSSR count). The first kappa shape index (κ1) is 33.5. The number of allylic oxidation sites excluding steroid dienone is 5. The minimum Gasteiger partial charge on any atom is -0.490 e. The van der Waals surface area contributed by atoms with E-state index >= 15 is 0 Å². The largest absolute Gasteiger partial charge is 0.490 e. The number of nitrogens with zero attached hydrogens (tertiary/aromatic N) is 3. The van der Waals surface area contributed by atoms with Crippen molar-refractivity contribution >= 4 is 33.2 Å². The number of hydrogen-bond donors (Lipinski definition) is 3. The highest BCUT2D eigenvalue weighted by Gasteiger charge is 2.50. The maximum atomic E-state index is 13.5. The lowest BCUT2D eigenvalue weighted by atomic mass is 9.63. The van der Waals surface area contributed by atoms with Gasteiger partial charge < -0.3 is 14.7 Å². The number of carbonyl (C=O) groups excluding carboxylic acids is 1. The van der Waals surface area contributed by atoms with E-state index in [0.29, 0.717) is 48.3 Å². The quantitative estimate of drug-likeness (QED) is 0.341. The Morgan fingerprint density at radius 2 is 2.09 bits per heavy atom. The smallest absolute Gasteiger partial charge is 0.264 e. The van der Waals surface area contributed by atoms with Gasteiger partial charge in [-0.1, -0.05) is 48.5 Å². The first-order valence-electron chi connectivity index (χ1n) is 16.4. The first-order valence-corrected chi connectivity index (χ1v) is 18.4. The molecule has 4 aliphatic rings. The predicted molar refractivity (Wildman–Crippen MR) is 183 cm³/mol. The highest BCUT2D eigenvalue weighted by Crippen LogP contribution is 2.51. The minimum absolute atomic E-state index is 0.0794. The summed E-state index contributed by atoms with van der Waals surface area (Å²) in [5.41, 5.74) is 1.64. The number of halogens is 1. The van der Waals surface area contributed by atoms with Gasteiger partial charge in [-0.05, 0) is 99.6 Å². The van der Waals surface area contributed by atoms with Gasteiger partial charge in [0.25, 0.3) is 5.91 Å². The predicted octanol–water partition coefficient (Wildman–Crippen LogP) is 5.76. The fourth-order valence-electron chi connectivity index (χ4n) is 7.59. The van der Waals surface area contributed by atoms with Crippen LogP contribution >= 0.6 is 11.6 Å². The molecule has 47 heavy (non-hydrogen) atoms. The van der Waals surface area contributed by atoms with Crippen molar-refractivity contribution in [3.8, 4) is 5.75 Å². The number of benzene rings is 1. The lowest BCUT2D eigenvalue weighted by molar-refractivity contribution is -0.0531. The van der Waals surface area contributed by atoms with Gasteiger partial charge in [0.15, 0.2) is 0 Å². The summed E-state index contributed by atoms with van der Waals surface area (Å²) in [6.45, 7) is 11.5. The summed E-state index contributed by atoms with van der Waals surface area (Å²) < 4.78 is 35.6. The van der Waals surface area contributed by atoms with Gasteiger partial charge in [0.2, 0.25) is 10.0 Å². The number of sulfonamides is 1. The number of aliphatic hydroxyl groups is 1. The Hall–Kier alpha value is -3.41. The molecule has 1 aromatic heterocycles. The first-order chi connectivity index (χ1) is 22.4. The maximum absolute atomic E-state index is 13.5. The highest BCUT2D eigenvalue weighted by molar-refractivity contribution is 7.90. The molecule has 3 heterocycles. The number of rotatable bonds is 2. The molecule has 252 valence electrons. The van der Waals surface area contributed by atoms with E-state index in [4.69, 9.17) is 16.3 Å². The molecule has 0 unspecified atom stereocenters. The summed E-state index contributed by atoms with van der Waals surface area (Å²) in [6.07, 6.45) is 13.8. The number of aromatic nitrogens is 3. The van der Waals surface area contributed by atoms with E-state index in [1.165, 1.54) is 0 Å². The third-order valence-electron chi connectivity index (χ3n) is 10.9. The molecule has 12 heteroatoms. The number of nitrogens with one attached hydrogen (secondary N) is 2. The molecule has 0 radical (unpaired) electrons. The molecule has 10 nitrogen and oxygen atoms in total. The minimum atomic E-state index is -4.01. The Morgan fingerprint density at radius 1 is 1.28 bits per heavy atom. The molecule has 1 aromatic carbocycles. The van der Waals surface area contributed by atoms with E-state index in [0.717, 1.165) is 43.3 Å². The topological polar surface area (TPSA) is 138 Å². The molecule has 1 spiro atoms. The fourth-order valence-corrected chi connectivity index (χ4v) is 9.01. The highest BCUT2D eigenvalue weighted by atomic mass is 35.5. The van der Waals surface area contributed by atoms with Crippen LogP contribution in [0.5, 0.6) is 5.75 Å². The van der Waals surface area contributed by atoms with Gasteiger partial charge >= 0.3 is 0 Å². The van der Waals surface area contributed by atoms with E-state index in [1.54, 1.807) is 37.4 Å². The number of anilines is 1. The standard InChI is InChI=1S/C35H44ClN5O5S/c1-5-28(36)16-25-9-7-14-34(23(25)3)20-41-19-27-10-12-29(27)35(43,32-18-37-40-38-32)15-6-8-22(2)24(4)47(44,45)39-33(42)26-11-13-31(46-21-34)30(41)17-26/h5-6,11,13,15-18,22,24,27,29,43H,3,7-10,12,14,19-21H2,1-2,4H3,(H,39,42)(H,37,38,40)/b15-6+,25-16-,28-5+/t22-,24+,27-,29+,34-,35-/m0/s1. The summed E-state index contributed by atoms with van der Waals surface area (Å²) >= 11 is 6.45. The molecule has 2 aliphatic heterocycles. The molecule has 6 atom stereocenters. The molecule has 2 saturated carbocycles. The van der Waals surface area contributed by atoms with Crippen LogP contribution in [0.15, 0.2) is 71.5 Å². The summed E-state index contributed by atoms with van der Waals surface area (Å²) in [6, 6.07) is 5.10. The van der Waals surface area contributed by atoms with Gasteiger partial charge in [0, 0.05) is 41.2 Å². The molecular weight excluding hydrogens is 638 g/mol. The van der Waals surface area contributed by atoms with Crippen LogP contribution in [0.1, 0.15) is 75.3 Å². The van der Waals surface area contributed by atoms with Gasteiger partial charge in [0.05, 0.1) is 17.5 Å². The van der Waals surface area contributed by atoms with Crippen LogP contribution in [0.25, 0.3) is 0 Å². The number of H-pyrrole nitrogens is 1. The van der Waals surface area contributed by atoms with Gasteiger partial charge in [-0.25, -0.2) is 13.1 Å². The van der Waals surface area contributed by atoms with Crippen molar-refractivity contribution in [2.75, 3.05) is 24.6 Å². The van der Waals surface area contributed by atoms with Crippen molar-refractivity contribution in [1.29, 1.82) is 0 Å². The Morgan fingerprint density at radius 3 is 2.79 bits per heavy atom. The molecule has 2 fully saturated rings. The Balaban J connectivity index is 1.45. The normalized spacial score (nSPS) is 34.5. The van der Waals surface area contributed by atoms with Crippen molar-refractivity contribution in [3.05, 3.63) is 82.7 Å². The fraction of sp³-hybridized carbons (Fsp3) is 0.514. The molecule has 2 aromatic rings. The van der Waals surface area contributed by atoms with Crippen LogP contribution in [0.4, 0.5) is 5.69 Å². The second-order valence-electron chi connectivity index (χ2n) is 13.7. The van der Waals surface area contributed by atoms with Gasteiger partial charge in [0.1, 0.15) is 17.0 Å². The van der Waals surface area contributed by atoms with E-state index < -0.39 is 32.2 Å². The van der Waals surface area contributed by atoms with Crippen molar-refractivity contribution in [1.82, 2.24) is 20.1 Å². The average molecular weight is 682 g/mol. The van der Waals surface area contributed by atoms with Crippen LogP contribution in [-0.4, -0.2) is 59.8 Å². The number of fused-ring (bicyclic) bond motifs is 2. The molecule has 0 saturated heterocycles. The second-order valence-corrected chi connectivity index (χ2v) is 16.2. The van der Waals surface area contributed by atoms with Crippen LogP contribution in [-0.2, 0) is 15.6 Å². The van der Waals surface area contributed by atoms with Crippen LogP contribution in [0.2, 0.25) is 0 Å². The number of hydrogen-bond acceptors (Lipinski definition) is 8. The van der Waals surface area contributed by atoms with Crippen molar-refractivity contribution < 1.29 is 23.1 Å². The Kier molecular flexibility index (Phi) is 9.19. The van der Waals surface area contributed by atoms with Crippen LogP contribution in [0.3, 0.4) is 0 Å². The van der Waals surface area contributed by atoms with E-state index in [2.05, 4.69) is 31.6 Å². The number of aromatic amines is 1. The van der Waals surface area contributed by atoms with E-state index in [9.17, 15) is 18.3 Å². The van der Waals surface area contributed by atoms with E-state index in [1.807, 2.05) is 32.1 Å². The zero-order chi connectivity index (χ0) is 33.6. The summed E-state index contributed by atoms with van der Waals surface area (Å²) in [7, 11) is -4.01. The second kappa shape index (κ2) is 12.9. The monoisotopic (exact) mass is 681 g/mol. The Labute approximate surface area is 282 Å². The van der Waals surface area contributed by atoms with Crippen molar-refractivity contribution in [3.63, 3.8) is 0 Å². The number of carbonyl (C=O) groups is 1. The zero-order valence-electron chi connectivity index (χ0n) is 27.2. The summed E-state index contributed by atoms with van der Waals surface area (Å²) in [5.74, 6) is -0.482. The van der Waals surface area contributed by atoms with Crippen molar-refractivity contribution in [2.24, 2.45) is 23.2 Å². The third-order valence-corrected chi connectivity index (χ3v) is 13.2. The summed E-state index contributed by atoms with van der Waals surface area (Å²) in [4.78, 5) is 15.7. The average Bonchev–Trinajstić information content (AvgIpc) is 3.53. The lowest BCUT2D eigenvalue weighted by Gasteiger charge is -2.48. The molecule has 2 aliphatic carbocycles. The van der Waals surface area contributed by atoms with Crippen LogP contribution in [0, 0.1) is 23.2 Å². The van der Waals surface area contributed by atoms with Gasteiger partial charge in [-0.15, -0.1) is 5.10 Å². The molecule has 1 amide bonds. The van der Waals surface area contributed by atoms with Gasteiger partial charge in [-0.3, -0.25) is 9.89 Å². The number of ether oxygens (including phenoxy) is 1. The zero-order valence-corrected chi connectivity index (χ0v) is 28.8. The van der Waals surface area contributed by atoms with E-state index in [-0.39, 0.29) is 23.3 Å². The maximum Gasteiger partial charge on any atom is 0.264 e. The lowest BCUT2D eigenvalue weighted by Crippen LogP contribution is -2.51. The van der Waals surface area contributed by atoms with Gasteiger partial charge in [-0.2, -0.15) is 0 Å². The SMILES string of the molecule is C=C1/C(=C\C(Cl)=C/C)CCC[C@]12COc1ccc3cc1N(C[C@@H]1CC[C@H]1[C@](O)(c1c[nH]nn1)/C=C/C[C@H](C)[C@@H](C)S(=O)(=O)NC3=O)C2. The van der Waals surface area contributed by atoms with Crippen molar-refractivity contribution in [2.45, 2.75) is 70.1 Å². The molecular formula is C35H44ClN5O5S. The third kappa shape index (κ3) is 6.29. The number of amides is 1. The Bertz CT molecular complexity index is 1740. The summed E-state index contributed by atoms with van der Waals surface area (Å²) in [5, 5.41) is 23.0. The molecule has 2 bridgehead atoms. The van der Waals surface area contributed by atoms with Crippen LogP contribution < -0.4 is 14.4 Å².